The van der Waals surface area contributed by atoms with Gasteiger partial charge in [0.15, 0.2) is 5.78 Å². The molecule has 102 valence electrons. The van der Waals surface area contributed by atoms with Gasteiger partial charge in [0.25, 0.3) is 0 Å². The Morgan fingerprint density at radius 2 is 2.16 bits per heavy atom. The van der Waals surface area contributed by atoms with Gasteiger partial charge in [-0.3, -0.25) is 9.59 Å². The minimum Gasteiger partial charge on any atom is -0.497 e. The number of rotatable bonds is 3. The summed E-state index contributed by atoms with van der Waals surface area (Å²) in [4.78, 5) is 25.6. The number of hydrogen-bond donors (Lipinski definition) is 0. The van der Waals surface area contributed by atoms with Crippen LogP contribution in [0.3, 0.4) is 0 Å². The van der Waals surface area contributed by atoms with Crippen molar-refractivity contribution in [3.63, 3.8) is 0 Å². The summed E-state index contributed by atoms with van der Waals surface area (Å²) in [5, 5.41) is 0. The molecule has 0 bridgehead atoms. The average Bonchev–Trinajstić information content (AvgIpc) is 2.41. The molecule has 19 heavy (non-hydrogen) atoms. The van der Waals surface area contributed by atoms with Crippen LogP contribution in [-0.4, -0.2) is 37.8 Å². The number of hydrogen-bond acceptors (Lipinski definition) is 3. The minimum absolute atomic E-state index is 0.00955. The summed E-state index contributed by atoms with van der Waals surface area (Å²) >= 11 is 0. The van der Waals surface area contributed by atoms with Crippen LogP contribution in [-0.2, 0) is 11.2 Å². The molecule has 1 aliphatic rings. The number of aryl methyl sites for hydroxylation is 1. The van der Waals surface area contributed by atoms with Gasteiger partial charge in [-0.2, -0.15) is 0 Å². The number of nitrogens with zero attached hydrogens (tertiary/aromatic N) is 1. The fourth-order valence-corrected chi connectivity index (χ4v) is 2.41. The summed E-state index contributed by atoms with van der Waals surface area (Å²) in [6, 6.07) is 5.52. The fourth-order valence-electron chi connectivity index (χ4n) is 2.41. The van der Waals surface area contributed by atoms with E-state index in [0.717, 1.165) is 29.7 Å². The van der Waals surface area contributed by atoms with Gasteiger partial charge in [-0.05, 0) is 36.6 Å². The molecule has 0 radical (unpaired) electrons. The smallest absolute Gasteiger partial charge is 0.222 e. The van der Waals surface area contributed by atoms with E-state index >= 15 is 0 Å². The molecule has 0 heterocycles. The van der Waals surface area contributed by atoms with E-state index in [-0.39, 0.29) is 17.6 Å². The third-order valence-corrected chi connectivity index (χ3v) is 3.63. The van der Waals surface area contributed by atoms with Crippen LogP contribution in [0.25, 0.3) is 0 Å². The number of methoxy groups -OCH3 is 1. The van der Waals surface area contributed by atoms with Gasteiger partial charge in [0.05, 0.1) is 7.11 Å². The zero-order valence-electron chi connectivity index (χ0n) is 11.6. The Bertz CT molecular complexity index is 508. The maximum Gasteiger partial charge on any atom is 0.222 e. The second kappa shape index (κ2) is 5.43. The summed E-state index contributed by atoms with van der Waals surface area (Å²) in [6.45, 7) is 0. The van der Waals surface area contributed by atoms with Gasteiger partial charge in [-0.1, -0.05) is 0 Å². The Morgan fingerprint density at radius 1 is 1.42 bits per heavy atom. The third-order valence-electron chi connectivity index (χ3n) is 3.63. The van der Waals surface area contributed by atoms with Crippen LogP contribution in [0.1, 0.15) is 28.8 Å². The molecule has 1 aromatic rings. The number of ether oxygens (including phenoxy) is 1. The van der Waals surface area contributed by atoms with Crippen LogP contribution in [0.15, 0.2) is 18.2 Å². The molecule has 0 fully saturated rings. The maximum absolute atomic E-state index is 12.4. The quantitative estimate of drug-likeness (QED) is 0.835. The summed E-state index contributed by atoms with van der Waals surface area (Å²) in [7, 11) is 5.05. The van der Waals surface area contributed by atoms with Crippen molar-refractivity contribution in [2.24, 2.45) is 5.92 Å². The summed E-state index contributed by atoms with van der Waals surface area (Å²) in [6.07, 6.45) is 1.86. The molecule has 4 nitrogen and oxygen atoms in total. The number of fused-ring (bicyclic) bond motifs is 1. The summed E-state index contributed by atoms with van der Waals surface area (Å²) in [5.41, 5.74) is 1.77. The van der Waals surface area contributed by atoms with E-state index in [1.165, 1.54) is 4.90 Å². The normalized spacial score (nSPS) is 17.8. The molecule has 2 rings (SSSR count). The van der Waals surface area contributed by atoms with Gasteiger partial charge in [0.1, 0.15) is 5.75 Å². The predicted octanol–water partition coefficient (Wildman–Crippen LogP) is 1.92. The van der Waals surface area contributed by atoms with Gasteiger partial charge < -0.3 is 9.64 Å². The SMILES string of the molecule is COc1ccc2c(c1)CCC(CC(=O)N(C)C)C2=O. The molecule has 0 saturated carbocycles. The lowest BCUT2D eigenvalue weighted by Gasteiger charge is -2.24. The number of carbonyl (C=O) groups excluding carboxylic acids is 2. The highest BCUT2D eigenvalue weighted by Gasteiger charge is 2.29. The lowest BCUT2D eigenvalue weighted by atomic mass is 9.81. The van der Waals surface area contributed by atoms with Crippen molar-refractivity contribution in [3.8, 4) is 5.75 Å². The summed E-state index contributed by atoms with van der Waals surface area (Å²) in [5.74, 6) is 0.680. The van der Waals surface area contributed by atoms with E-state index in [1.54, 1.807) is 27.3 Å². The Hall–Kier alpha value is -1.84. The van der Waals surface area contributed by atoms with E-state index in [0.29, 0.717) is 6.42 Å². The highest BCUT2D eigenvalue weighted by atomic mass is 16.5. The highest BCUT2D eigenvalue weighted by molar-refractivity contribution is 6.02. The first kappa shape index (κ1) is 13.6. The molecule has 1 atom stereocenters. The van der Waals surface area contributed by atoms with Crippen LogP contribution in [0.2, 0.25) is 0 Å². The zero-order valence-corrected chi connectivity index (χ0v) is 11.6. The van der Waals surface area contributed by atoms with Gasteiger partial charge in [0, 0.05) is 32.0 Å². The van der Waals surface area contributed by atoms with Gasteiger partial charge in [0.2, 0.25) is 5.91 Å². The monoisotopic (exact) mass is 261 g/mol. The third kappa shape index (κ3) is 2.78. The molecule has 4 heteroatoms. The van der Waals surface area contributed by atoms with Crippen molar-refractivity contribution in [3.05, 3.63) is 29.3 Å². The molecular formula is C15H19NO3. The topological polar surface area (TPSA) is 46.6 Å². The predicted molar refractivity (Wildman–Crippen MR) is 72.4 cm³/mol. The molecular weight excluding hydrogens is 242 g/mol. The van der Waals surface area contributed by atoms with Gasteiger partial charge in [-0.15, -0.1) is 0 Å². The standard InChI is InChI=1S/C15H19NO3/c1-16(2)14(17)9-11-5-4-10-8-12(19-3)6-7-13(10)15(11)18/h6-8,11H,4-5,9H2,1-3H3. The molecule has 0 aliphatic heterocycles. The van der Waals surface area contributed by atoms with Crippen molar-refractivity contribution in [1.29, 1.82) is 0 Å². The lowest BCUT2D eigenvalue weighted by Crippen LogP contribution is -2.30. The highest BCUT2D eigenvalue weighted by Crippen LogP contribution is 2.30. The number of Topliss-reactive ketones (excluding diaryl/α,β-unsaturated/α-hetero) is 1. The molecule has 1 aliphatic carbocycles. The molecule has 1 aromatic carbocycles. The Balaban J connectivity index is 2.18. The van der Waals surface area contributed by atoms with Gasteiger partial charge in [-0.25, -0.2) is 0 Å². The molecule has 1 unspecified atom stereocenters. The first-order chi connectivity index (χ1) is 9.02. The number of ketones is 1. The Kier molecular flexibility index (Phi) is 3.88. The molecule has 0 N–H and O–H groups in total. The fraction of sp³-hybridized carbons (Fsp3) is 0.467. The molecule has 0 aromatic heterocycles. The molecule has 0 saturated heterocycles. The van der Waals surface area contributed by atoms with Crippen molar-refractivity contribution in [1.82, 2.24) is 4.90 Å². The first-order valence-corrected chi connectivity index (χ1v) is 6.44. The van der Waals surface area contributed by atoms with Crippen molar-refractivity contribution < 1.29 is 14.3 Å². The average molecular weight is 261 g/mol. The van der Waals surface area contributed by atoms with Crippen LogP contribution >= 0.6 is 0 Å². The Morgan fingerprint density at radius 3 is 2.79 bits per heavy atom. The number of benzene rings is 1. The van der Waals surface area contributed by atoms with Crippen LogP contribution in [0.4, 0.5) is 0 Å². The van der Waals surface area contributed by atoms with E-state index < -0.39 is 0 Å². The first-order valence-electron chi connectivity index (χ1n) is 6.44. The number of amides is 1. The van der Waals surface area contributed by atoms with Crippen LogP contribution in [0, 0.1) is 5.92 Å². The second-order valence-corrected chi connectivity index (χ2v) is 5.12. The Labute approximate surface area is 113 Å². The van der Waals surface area contributed by atoms with E-state index in [2.05, 4.69) is 0 Å². The zero-order chi connectivity index (χ0) is 14.0. The van der Waals surface area contributed by atoms with Crippen LogP contribution < -0.4 is 4.74 Å². The van der Waals surface area contributed by atoms with Crippen molar-refractivity contribution >= 4 is 11.7 Å². The number of carbonyl (C=O) groups is 2. The maximum atomic E-state index is 12.4. The molecule has 0 spiro atoms. The largest absolute Gasteiger partial charge is 0.497 e. The minimum atomic E-state index is -0.184. The summed E-state index contributed by atoms with van der Waals surface area (Å²) < 4.78 is 5.17. The van der Waals surface area contributed by atoms with Crippen molar-refractivity contribution in [2.75, 3.05) is 21.2 Å². The van der Waals surface area contributed by atoms with Crippen LogP contribution in [0.5, 0.6) is 5.75 Å². The van der Waals surface area contributed by atoms with E-state index in [1.807, 2.05) is 12.1 Å². The van der Waals surface area contributed by atoms with E-state index in [9.17, 15) is 9.59 Å². The second-order valence-electron chi connectivity index (χ2n) is 5.12. The van der Waals surface area contributed by atoms with Crippen molar-refractivity contribution in [2.45, 2.75) is 19.3 Å². The van der Waals surface area contributed by atoms with E-state index in [4.69, 9.17) is 4.74 Å². The molecule has 1 amide bonds. The van der Waals surface area contributed by atoms with Gasteiger partial charge >= 0.3 is 0 Å². The lowest BCUT2D eigenvalue weighted by molar-refractivity contribution is -0.129.